The molecular weight excluding hydrogens is 148 g/mol. The zero-order valence-corrected chi connectivity index (χ0v) is 9.27. The molecule has 0 aromatic carbocycles. The van der Waals surface area contributed by atoms with E-state index in [0.717, 1.165) is 12.2 Å². The van der Waals surface area contributed by atoms with Gasteiger partial charge < -0.3 is 4.74 Å². The van der Waals surface area contributed by atoms with Crippen LogP contribution in [0, 0.1) is 0 Å². The van der Waals surface area contributed by atoms with Gasteiger partial charge in [-0.25, -0.2) is 0 Å². The van der Waals surface area contributed by atoms with Gasteiger partial charge in [-0.2, -0.15) is 0 Å². The van der Waals surface area contributed by atoms with E-state index in [0.29, 0.717) is 0 Å². The van der Waals surface area contributed by atoms with E-state index in [9.17, 15) is 0 Å². The summed E-state index contributed by atoms with van der Waals surface area (Å²) in [6, 6.07) is 0. The first-order chi connectivity index (χ1) is 5.76. The van der Waals surface area contributed by atoms with Crippen molar-refractivity contribution in [3.63, 3.8) is 0 Å². The highest BCUT2D eigenvalue weighted by molar-refractivity contribution is 5.22. The van der Waals surface area contributed by atoms with Crippen molar-refractivity contribution in [1.29, 1.82) is 0 Å². The molecule has 0 amide bonds. The molecule has 0 unspecified atom stereocenters. The molecule has 0 aromatic heterocycles. The quantitative estimate of drug-likeness (QED) is 0.461. The van der Waals surface area contributed by atoms with Crippen molar-refractivity contribution in [3.8, 4) is 0 Å². The van der Waals surface area contributed by atoms with Gasteiger partial charge in [0.05, 0.1) is 7.11 Å². The monoisotopic (exact) mass is 170 g/mol. The van der Waals surface area contributed by atoms with Crippen LogP contribution in [-0.2, 0) is 4.74 Å². The maximum atomic E-state index is 5.14. The van der Waals surface area contributed by atoms with Gasteiger partial charge in [-0.3, -0.25) is 0 Å². The molecule has 0 aliphatic heterocycles. The molecule has 0 N–H and O–H groups in total. The minimum atomic E-state index is 0.991. The van der Waals surface area contributed by atoms with E-state index in [2.05, 4.69) is 13.0 Å². The summed E-state index contributed by atoms with van der Waals surface area (Å²) in [5.74, 6) is 0.991. The van der Waals surface area contributed by atoms with Crippen molar-refractivity contribution < 1.29 is 4.74 Å². The highest BCUT2D eigenvalue weighted by Crippen LogP contribution is 2.09. The van der Waals surface area contributed by atoms with Gasteiger partial charge >= 0.3 is 0 Å². The van der Waals surface area contributed by atoms with Gasteiger partial charge in [0.15, 0.2) is 0 Å². The smallest absolute Gasteiger partial charge is 0.117 e. The van der Waals surface area contributed by atoms with E-state index in [1.165, 1.54) is 5.57 Å². The van der Waals surface area contributed by atoms with Crippen LogP contribution in [-0.4, -0.2) is 7.11 Å². The van der Waals surface area contributed by atoms with E-state index in [4.69, 9.17) is 4.74 Å². The lowest BCUT2D eigenvalue weighted by Gasteiger charge is -2.04. The molecule has 0 spiro atoms. The van der Waals surface area contributed by atoms with Crippen molar-refractivity contribution in [2.75, 3.05) is 7.11 Å². The van der Waals surface area contributed by atoms with E-state index in [-0.39, 0.29) is 0 Å². The largest absolute Gasteiger partial charge is 0.497 e. The normalized spacial score (nSPS) is 11.8. The summed E-state index contributed by atoms with van der Waals surface area (Å²) in [7, 11) is 1.70. The number of hydrogen-bond donors (Lipinski definition) is 0. The summed E-state index contributed by atoms with van der Waals surface area (Å²) in [5.41, 5.74) is 1.20. The first-order valence-electron chi connectivity index (χ1n) is 4.63. The van der Waals surface area contributed by atoms with Gasteiger partial charge in [-0.1, -0.05) is 26.8 Å². The Morgan fingerprint density at radius 3 is 2.08 bits per heavy atom. The van der Waals surface area contributed by atoms with Crippen molar-refractivity contribution in [3.05, 3.63) is 23.5 Å². The van der Waals surface area contributed by atoms with Crippen LogP contribution in [0.4, 0.5) is 0 Å². The van der Waals surface area contributed by atoms with Gasteiger partial charge in [-0.15, -0.1) is 0 Å². The van der Waals surface area contributed by atoms with Crippen LogP contribution in [0.15, 0.2) is 23.5 Å². The summed E-state index contributed by atoms with van der Waals surface area (Å²) in [6.45, 7) is 10.2. The van der Waals surface area contributed by atoms with E-state index >= 15 is 0 Å². The lowest BCUT2D eigenvalue weighted by atomic mass is 10.2. The molecule has 0 fully saturated rings. The first kappa shape index (κ1) is 13.8. The van der Waals surface area contributed by atoms with Crippen LogP contribution in [0.25, 0.3) is 0 Å². The van der Waals surface area contributed by atoms with Crippen LogP contribution < -0.4 is 0 Å². The van der Waals surface area contributed by atoms with E-state index in [1.807, 2.05) is 33.8 Å². The van der Waals surface area contributed by atoms with Crippen LogP contribution in [0.3, 0.4) is 0 Å². The van der Waals surface area contributed by atoms with Crippen molar-refractivity contribution in [1.82, 2.24) is 0 Å². The summed E-state index contributed by atoms with van der Waals surface area (Å²) in [4.78, 5) is 0. The Hall–Kier alpha value is -0.720. The SMILES string of the molecule is C/C=C(C)\C(=C/CC)OC.CC. The van der Waals surface area contributed by atoms with Crippen molar-refractivity contribution >= 4 is 0 Å². The minimum absolute atomic E-state index is 0.991. The average Bonchev–Trinajstić information content (AvgIpc) is 2.16. The van der Waals surface area contributed by atoms with Gasteiger partial charge in [0.2, 0.25) is 0 Å². The molecule has 0 aromatic rings. The molecule has 1 heteroatoms. The molecule has 0 heterocycles. The standard InChI is InChI=1S/C9H16O.C2H6/c1-5-7-9(10-4)8(3)6-2;1-2/h6-7H,5H2,1-4H3;1-2H3/b8-6-,9-7+;. The molecule has 0 radical (unpaired) electrons. The summed E-state index contributed by atoms with van der Waals surface area (Å²) in [5, 5.41) is 0. The van der Waals surface area contributed by atoms with Crippen LogP contribution in [0.1, 0.15) is 41.0 Å². The Labute approximate surface area is 77.1 Å². The summed E-state index contributed by atoms with van der Waals surface area (Å²) >= 11 is 0. The van der Waals surface area contributed by atoms with E-state index < -0.39 is 0 Å². The Morgan fingerprint density at radius 2 is 1.83 bits per heavy atom. The third kappa shape index (κ3) is 6.02. The highest BCUT2D eigenvalue weighted by atomic mass is 16.5. The second-order valence-corrected chi connectivity index (χ2v) is 2.15. The molecule has 0 atom stereocenters. The third-order valence-electron chi connectivity index (χ3n) is 1.43. The van der Waals surface area contributed by atoms with Gasteiger partial charge in [0, 0.05) is 0 Å². The molecule has 12 heavy (non-hydrogen) atoms. The molecule has 0 bridgehead atoms. The van der Waals surface area contributed by atoms with Gasteiger partial charge in [0.25, 0.3) is 0 Å². The van der Waals surface area contributed by atoms with Gasteiger partial charge in [0.1, 0.15) is 5.76 Å². The fourth-order valence-corrected chi connectivity index (χ4v) is 0.733. The number of methoxy groups -OCH3 is 1. The predicted molar refractivity (Wildman–Crippen MR) is 56.2 cm³/mol. The fourth-order valence-electron chi connectivity index (χ4n) is 0.733. The molecule has 1 nitrogen and oxygen atoms in total. The van der Waals surface area contributed by atoms with Crippen LogP contribution in [0.5, 0.6) is 0 Å². The zero-order chi connectivity index (χ0) is 9.98. The maximum absolute atomic E-state index is 5.14. The Balaban J connectivity index is 0. The lowest BCUT2D eigenvalue weighted by molar-refractivity contribution is 0.299. The minimum Gasteiger partial charge on any atom is -0.497 e. The van der Waals surface area contributed by atoms with Gasteiger partial charge in [-0.05, 0) is 31.9 Å². The van der Waals surface area contributed by atoms with Crippen LogP contribution in [0.2, 0.25) is 0 Å². The number of ether oxygens (including phenoxy) is 1. The second kappa shape index (κ2) is 10.3. The molecule has 0 saturated heterocycles. The number of hydrogen-bond acceptors (Lipinski definition) is 1. The molecule has 0 aliphatic rings. The molecular formula is C11H22O. The Kier molecular flexibility index (Phi) is 11.9. The summed E-state index contributed by atoms with van der Waals surface area (Å²) < 4.78 is 5.14. The lowest BCUT2D eigenvalue weighted by Crippen LogP contribution is -1.87. The second-order valence-electron chi connectivity index (χ2n) is 2.15. The maximum Gasteiger partial charge on any atom is 0.117 e. The topological polar surface area (TPSA) is 9.23 Å². The third-order valence-corrected chi connectivity index (χ3v) is 1.43. The zero-order valence-electron chi connectivity index (χ0n) is 9.27. The molecule has 0 rings (SSSR count). The molecule has 0 aliphatic carbocycles. The van der Waals surface area contributed by atoms with E-state index in [1.54, 1.807) is 7.11 Å². The molecule has 0 saturated carbocycles. The Bertz CT molecular complexity index is 143. The molecule has 72 valence electrons. The first-order valence-corrected chi connectivity index (χ1v) is 4.63. The van der Waals surface area contributed by atoms with Crippen LogP contribution >= 0.6 is 0 Å². The predicted octanol–water partition coefficient (Wildman–Crippen LogP) is 3.92. The number of allylic oxidation sites excluding steroid dienone is 3. The highest BCUT2D eigenvalue weighted by Gasteiger charge is 1.94. The van der Waals surface area contributed by atoms with Crippen molar-refractivity contribution in [2.45, 2.75) is 41.0 Å². The fraction of sp³-hybridized carbons (Fsp3) is 0.636. The van der Waals surface area contributed by atoms with Crippen molar-refractivity contribution in [2.24, 2.45) is 0 Å². The number of rotatable bonds is 3. The average molecular weight is 170 g/mol. The summed E-state index contributed by atoms with van der Waals surface area (Å²) in [6.07, 6.45) is 5.15. The Morgan fingerprint density at radius 1 is 1.33 bits per heavy atom.